The third kappa shape index (κ3) is 3.38. The Hall–Kier alpha value is -3.18. The zero-order valence-corrected chi connectivity index (χ0v) is 17.0. The van der Waals surface area contributed by atoms with Crippen molar-refractivity contribution in [3.63, 3.8) is 0 Å². The van der Waals surface area contributed by atoms with Gasteiger partial charge >= 0.3 is 0 Å². The molecule has 0 fully saturated rings. The highest BCUT2D eigenvalue weighted by Crippen LogP contribution is 2.30. The second kappa shape index (κ2) is 7.01. The average Bonchev–Trinajstić information content (AvgIpc) is 3.31. The highest BCUT2D eigenvalue weighted by atomic mass is 32.2. The van der Waals surface area contributed by atoms with Crippen LogP contribution in [0, 0.1) is 5.41 Å². The molecule has 0 saturated carbocycles. The van der Waals surface area contributed by atoms with Gasteiger partial charge in [-0.15, -0.1) is 0 Å². The molecule has 0 bridgehead atoms. The van der Waals surface area contributed by atoms with Crippen molar-refractivity contribution in [3.05, 3.63) is 53.9 Å². The summed E-state index contributed by atoms with van der Waals surface area (Å²) < 4.78 is 34.9. The van der Waals surface area contributed by atoms with E-state index in [9.17, 15) is 13.2 Å². The first-order valence-electron chi connectivity index (χ1n) is 8.30. The Labute approximate surface area is 171 Å². The lowest BCUT2D eigenvalue weighted by molar-refractivity contribution is -0.114. The van der Waals surface area contributed by atoms with Crippen molar-refractivity contribution < 1.29 is 17.9 Å². The van der Waals surface area contributed by atoms with Gasteiger partial charge in [0.25, 0.3) is 5.91 Å². The molecule has 0 spiro atoms. The van der Waals surface area contributed by atoms with Crippen molar-refractivity contribution in [2.75, 3.05) is 13.4 Å². The topological polar surface area (TPSA) is 117 Å². The lowest BCUT2D eigenvalue weighted by Gasteiger charge is -2.23. The molecule has 0 unspecified atom stereocenters. The number of aliphatic imine (C=N–C) groups is 1. The minimum absolute atomic E-state index is 0.0320. The molecule has 1 aromatic heterocycles. The Balaban J connectivity index is 1.77. The number of fused-ring (bicyclic) bond motifs is 1. The molecule has 2 aliphatic rings. The highest BCUT2D eigenvalue weighted by Gasteiger charge is 2.41. The number of ether oxygens (including phenoxy) is 1. The van der Waals surface area contributed by atoms with Gasteiger partial charge in [-0.2, -0.15) is 9.39 Å². The second-order valence-electron chi connectivity index (χ2n) is 6.18. The maximum atomic E-state index is 12.5. The van der Waals surface area contributed by atoms with Crippen LogP contribution < -0.4 is 4.74 Å². The fraction of sp³-hybridized carbons (Fsp3) is 0.111. The van der Waals surface area contributed by atoms with Gasteiger partial charge in [-0.1, -0.05) is 6.07 Å². The van der Waals surface area contributed by atoms with Gasteiger partial charge in [0.1, 0.15) is 11.6 Å². The number of nitrogens with one attached hydrogen (secondary N) is 1. The smallest absolute Gasteiger partial charge is 0.283 e. The zero-order chi connectivity index (χ0) is 20.8. The van der Waals surface area contributed by atoms with E-state index >= 15 is 0 Å². The number of hydrogen-bond acceptors (Lipinski definition) is 7. The highest BCUT2D eigenvalue weighted by molar-refractivity contribution is 8.16. The Morgan fingerprint density at radius 2 is 2.03 bits per heavy atom. The van der Waals surface area contributed by atoms with Crippen LogP contribution in [0.4, 0.5) is 0 Å². The van der Waals surface area contributed by atoms with Crippen molar-refractivity contribution >= 4 is 49.9 Å². The molecule has 11 heteroatoms. The van der Waals surface area contributed by atoms with Crippen molar-refractivity contribution in [3.8, 4) is 11.4 Å². The SMILES string of the molecule is COc1cccc(-n2cccc2C=C2C(=N)N3C(=NC2=O)SN=C3S(C)(=O)=O)c1. The molecular formula is C18H15N5O4S2. The van der Waals surface area contributed by atoms with E-state index in [2.05, 4.69) is 9.39 Å². The molecule has 1 N–H and O–H groups in total. The molecule has 0 atom stereocenters. The standard InChI is InChI=1S/C18H15N5O4S2/c1-27-13-7-3-5-11(9-13)22-8-4-6-12(22)10-14-15(19)23-17(20-16(14)24)28-21-18(23)29(2,25)26/h3-10,19H,1-2H3. The number of nitrogens with zero attached hydrogens (tertiary/aromatic N) is 4. The number of carbonyl (C=O) groups excluding carboxylic acids is 1. The van der Waals surface area contributed by atoms with Gasteiger partial charge in [-0.05, 0) is 30.3 Å². The van der Waals surface area contributed by atoms with Crippen molar-refractivity contribution in [2.24, 2.45) is 9.39 Å². The molecule has 2 aromatic rings. The molecule has 1 amide bonds. The molecule has 2 aliphatic heterocycles. The van der Waals surface area contributed by atoms with E-state index in [0.29, 0.717) is 11.4 Å². The van der Waals surface area contributed by atoms with Crippen LogP contribution in [0.2, 0.25) is 0 Å². The van der Waals surface area contributed by atoms with E-state index in [1.165, 1.54) is 6.08 Å². The molecule has 0 aliphatic carbocycles. The molecule has 0 radical (unpaired) electrons. The first-order valence-corrected chi connectivity index (χ1v) is 11.0. The van der Waals surface area contributed by atoms with Crippen LogP contribution in [-0.4, -0.2) is 53.3 Å². The summed E-state index contributed by atoms with van der Waals surface area (Å²) in [6.07, 6.45) is 4.31. The van der Waals surface area contributed by atoms with Gasteiger partial charge in [-0.25, -0.2) is 13.3 Å². The third-order valence-electron chi connectivity index (χ3n) is 4.23. The quantitative estimate of drug-likeness (QED) is 0.590. The molecule has 0 saturated heterocycles. The number of hydrogen-bond donors (Lipinski definition) is 1. The summed E-state index contributed by atoms with van der Waals surface area (Å²) >= 11 is 0.760. The molecule has 3 heterocycles. The van der Waals surface area contributed by atoms with Crippen LogP contribution in [0.3, 0.4) is 0 Å². The first kappa shape index (κ1) is 19.2. The molecule has 29 heavy (non-hydrogen) atoms. The molecular weight excluding hydrogens is 414 g/mol. The summed E-state index contributed by atoms with van der Waals surface area (Å²) in [6.45, 7) is 0. The van der Waals surface area contributed by atoms with Crippen molar-refractivity contribution in [2.45, 2.75) is 0 Å². The fourth-order valence-corrected chi connectivity index (χ4v) is 4.74. The van der Waals surface area contributed by atoms with Gasteiger partial charge in [0.15, 0.2) is 0 Å². The molecule has 1 aromatic carbocycles. The Bertz CT molecular complexity index is 1240. The lowest BCUT2D eigenvalue weighted by atomic mass is 10.1. The predicted octanol–water partition coefficient (Wildman–Crippen LogP) is 2.11. The fourth-order valence-electron chi connectivity index (χ4n) is 2.89. The lowest BCUT2D eigenvalue weighted by Crippen LogP contribution is -2.45. The zero-order valence-electron chi connectivity index (χ0n) is 15.4. The van der Waals surface area contributed by atoms with Crippen LogP contribution in [0.1, 0.15) is 5.69 Å². The number of carbonyl (C=O) groups is 1. The number of methoxy groups -OCH3 is 1. The maximum absolute atomic E-state index is 12.5. The Kier molecular flexibility index (Phi) is 4.63. The third-order valence-corrected chi connectivity index (χ3v) is 5.98. The van der Waals surface area contributed by atoms with Gasteiger partial charge in [-0.3, -0.25) is 10.2 Å². The van der Waals surface area contributed by atoms with Crippen LogP contribution in [0.5, 0.6) is 5.75 Å². The predicted molar refractivity (Wildman–Crippen MR) is 112 cm³/mol. The number of sulfone groups is 1. The molecule has 4 rings (SSSR count). The van der Waals surface area contributed by atoms with E-state index in [0.717, 1.165) is 28.8 Å². The maximum Gasteiger partial charge on any atom is 0.283 e. The second-order valence-corrected chi connectivity index (χ2v) is 8.82. The van der Waals surface area contributed by atoms with Crippen molar-refractivity contribution in [1.29, 1.82) is 5.41 Å². The summed E-state index contributed by atoms with van der Waals surface area (Å²) in [6, 6.07) is 10.9. The van der Waals surface area contributed by atoms with Crippen LogP contribution in [0.25, 0.3) is 11.8 Å². The number of amidine groups is 3. The van der Waals surface area contributed by atoms with Gasteiger partial charge in [0.2, 0.25) is 20.2 Å². The van der Waals surface area contributed by atoms with E-state index in [4.69, 9.17) is 10.1 Å². The minimum atomic E-state index is -3.69. The average molecular weight is 429 g/mol. The first-order chi connectivity index (χ1) is 13.8. The summed E-state index contributed by atoms with van der Waals surface area (Å²) in [5.74, 6) is -0.238. The van der Waals surface area contributed by atoms with E-state index < -0.39 is 15.7 Å². The number of rotatable bonds is 3. The van der Waals surface area contributed by atoms with E-state index in [1.807, 2.05) is 35.0 Å². The summed E-state index contributed by atoms with van der Waals surface area (Å²) in [4.78, 5) is 17.5. The van der Waals surface area contributed by atoms with Crippen LogP contribution in [-0.2, 0) is 14.6 Å². The number of benzene rings is 1. The van der Waals surface area contributed by atoms with Gasteiger partial charge < -0.3 is 9.30 Å². The van der Waals surface area contributed by atoms with Gasteiger partial charge in [0.05, 0.1) is 24.6 Å². The van der Waals surface area contributed by atoms with Crippen molar-refractivity contribution in [1.82, 2.24) is 9.47 Å². The van der Waals surface area contributed by atoms with E-state index in [1.54, 1.807) is 19.2 Å². The number of aromatic nitrogens is 1. The monoisotopic (exact) mass is 429 g/mol. The van der Waals surface area contributed by atoms with Crippen LogP contribution >= 0.6 is 11.9 Å². The normalized spacial score (nSPS) is 18.0. The summed E-state index contributed by atoms with van der Waals surface area (Å²) in [7, 11) is -2.12. The molecule has 9 nitrogen and oxygen atoms in total. The van der Waals surface area contributed by atoms with Gasteiger partial charge in [0, 0.05) is 29.9 Å². The summed E-state index contributed by atoms with van der Waals surface area (Å²) in [5, 5.41) is 8.17. The van der Waals surface area contributed by atoms with Crippen LogP contribution in [0.15, 0.2) is 57.6 Å². The molecule has 148 valence electrons. The summed E-state index contributed by atoms with van der Waals surface area (Å²) in [5.41, 5.74) is 1.39. The number of amides is 1. The van der Waals surface area contributed by atoms with E-state index in [-0.39, 0.29) is 21.7 Å². The largest absolute Gasteiger partial charge is 0.497 e. The minimum Gasteiger partial charge on any atom is -0.497 e. The Morgan fingerprint density at radius 1 is 1.24 bits per heavy atom. The Morgan fingerprint density at radius 3 is 2.76 bits per heavy atom.